The lowest BCUT2D eigenvalue weighted by Gasteiger charge is -2.40. The van der Waals surface area contributed by atoms with Crippen LogP contribution in [0.1, 0.15) is 5.56 Å². The molecular formula is C21H22N4O2. The van der Waals surface area contributed by atoms with E-state index in [4.69, 9.17) is 0 Å². The molecule has 3 aromatic rings. The third-order valence-electron chi connectivity index (χ3n) is 5.01. The molecule has 2 aromatic carbocycles. The first kappa shape index (κ1) is 17.3. The minimum atomic E-state index is -0.309. The summed E-state index contributed by atoms with van der Waals surface area (Å²) >= 11 is 0. The first-order chi connectivity index (χ1) is 13.0. The highest BCUT2D eigenvalue weighted by molar-refractivity contribution is 5.92. The van der Waals surface area contributed by atoms with Gasteiger partial charge in [-0.25, -0.2) is 4.79 Å². The molecule has 1 saturated heterocycles. The molecule has 0 bridgehead atoms. The molecule has 1 aliphatic rings. The van der Waals surface area contributed by atoms with E-state index in [9.17, 15) is 9.59 Å². The second kappa shape index (κ2) is 6.54. The minimum absolute atomic E-state index is 0.0427. The third-order valence-corrected chi connectivity index (χ3v) is 5.01. The lowest BCUT2D eigenvalue weighted by molar-refractivity contribution is -0.133. The van der Waals surface area contributed by atoms with Crippen molar-refractivity contribution in [1.29, 1.82) is 0 Å². The predicted molar refractivity (Wildman–Crippen MR) is 106 cm³/mol. The van der Waals surface area contributed by atoms with Crippen LogP contribution in [0, 0.1) is 12.8 Å². The van der Waals surface area contributed by atoms with Crippen LogP contribution in [0.4, 0.5) is 5.82 Å². The van der Waals surface area contributed by atoms with Gasteiger partial charge in [-0.1, -0.05) is 24.3 Å². The van der Waals surface area contributed by atoms with Crippen LogP contribution in [0.5, 0.6) is 0 Å². The summed E-state index contributed by atoms with van der Waals surface area (Å²) in [5.41, 5.74) is 2.39. The van der Waals surface area contributed by atoms with Crippen LogP contribution < -0.4 is 10.6 Å². The molecule has 138 valence electrons. The molecule has 0 atom stereocenters. The van der Waals surface area contributed by atoms with E-state index in [0.717, 1.165) is 22.2 Å². The zero-order valence-corrected chi connectivity index (χ0v) is 15.7. The van der Waals surface area contributed by atoms with Crippen molar-refractivity contribution in [2.45, 2.75) is 6.92 Å². The standard InChI is InChI=1S/C21H22N4O2/c1-14-9-10-17-18(11-14)25(16-7-5-4-6-8-16)21(27)22-19(17)24-12-15(13-24)20(26)23(2)3/h4-11,15H,12-13H2,1-3H3. The number of nitrogens with zero attached hydrogens (tertiary/aromatic N) is 4. The molecule has 0 aliphatic carbocycles. The normalized spacial score (nSPS) is 14.3. The summed E-state index contributed by atoms with van der Waals surface area (Å²) in [6, 6.07) is 15.6. The van der Waals surface area contributed by atoms with Gasteiger partial charge in [-0.05, 0) is 36.8 Å². The van der Waals surface area contributed by atoms with E-state index in [0.29, 0.717) is 18.9 Å². The highest BCUT2D eigenvalue weighted by Crippen LogP contribution is 2.30. The number of rotatable bonds is 3. The zero-order valence-electron chi connectivity index (χ0n) is 15.7. The molecule has 0 unspecified atom stereocenters. The number of amides is 1. The molecule has 0 saturated carbocycles. The molecule has 1 amide bonds. The van der Waals surface area contributed by atoms with Crippen molar-refractivity contribution in [1.82, 2.24) is 14.5 Å². The number of carbonyl (C=O) groups excluding carboxylic acids is 1. The van der Waals surface area contributed by atoms with Gasteiger partial charge in [0.25, 0.3) is 0 Å². The van der Waals surface area contributed by atoms with Crippen LogP contribution in [0.25, 0.3) is 16.6 Å². The van der Waals surface area contributed by atoms with Gasteiger partial charge in [-0.15, -0.1) is 0 Å². The number of carbonyl (C=O) groups is 1. The van der Waals surface area contributed by atoms with Gasteiger partial charge in [0.15, 0.2) is 0 Å². The Morgan fingerprint density at radius 1 is 1.11 bits per heavy atom. The maximum Gasteiger partial charge on any atom is 0.354 e. The van der Waals surface area contributed by atoms with E-state index in [-0.39, 0.29) is 17.5 Å². The van der Waals surface area contributed by atoms with Crippen LogP contribution in [0.15, 0.2) is 53.3 Å². The molecule has 0 spiro atoms. The molecule has 2 heterocycles. The molecule has 1 aromatic heterocycles. The Morgan fingerprint density at radius 3 is 2.48 bits per heavy atom. The first-order valence-corrected chi connectivity index (χ1v) is 9.00. The number of benzene rings is 2. The number of para-hydroxylation sites is 1. The summed E-state index contributed by atoms with van der Waals surface area (Å²) in [4.78, 5) is 33.0. The van der Waals surface area contributed by atoms with Gasteiger partial charge in [-0.3, -0.25) is 9.36 Å². The number of aromatic nitrogens is 2. The van der Waals surface area contributed by atoms with Crippen molar-refractivity contribution >= 4 is 22.6 Å². The Hall–Kier alpha value is -3.15. The number of aryl methyl sites for hydroxylation is 1. The van der Waals surface area contributed by atoms with Gasteiger partial charge in [0.2, 0.25) is 5.91 Å². The summed E-state index contributed by atoms with van der Waals surface area (Å²) in [6.07, 6.45) is 0. The van der Waals surface area contributed by atoms with E-state index in [1.165, 1.54) is 0 Å². The van der Waals surface area contributed by atoms with E-state index < -0.39 is 0 Å². The maximum absolute atomic E-state index is 12.9. The number of hydrogen-bond donors (Lipinski definition) is 0. The van der Waals surface area contributed by atoms with Crippen LogP contribution >= 0.6 is 0 Å². The second-order valence-corrected chi connectivity index (χ2v) is 7.24. The molecule has 1 fully saturated rings. The van der Waals surface area contributed by atoms with Crippen molar-refractivity contribution in [3.05, 3.63) is 64.6 Å². The van der Waals surface area contributed by atoms with Gasteiger partial charge >= 0.3 is 5.69 Å². The Bertz CT molecular complexity index is 1070. The fourth-order valence-corrected chi connectivity index (χ4v) is 3.56. The smallest absolute Gasteiger partial charge is 0.354 e. The van der Waals surface area contributed by atoms with Crippen LogP contribution in [0.3, 0.4) is 0 Å². The van der Waals surface area contributed by atoms with Crippen molar-refractivity contribution in [3.63, 3.8) is 0 Å². The Balaban J connectivity index is 1.81. The molecular weight excluding hydrogens is 340 g/mol. The number of anilines is 1. The van der Waals surface area contributed by atoms with Gasteiger partial charge < -0.3 is 9.80 Å². The van der Waals surface area contributed by atoms with E-state index >= 15 is 0 Å². The molecule has 0 N–H and O–H groups in total. The van der Waals surface area contributed by atoms with Crippen LogP contribution in [-0.2, 0) is 4.79 Å². The fraction of sp³-hybridized carbons (Fsp3) is 0.286. The van der Waals surface area contributed by atoms with Gasteiger partial charge in [0, 0.05) is 32.6 Å². The molecule has 0 radical (unpaired) electrons. The number of hydrogen-bond acceptors (Lipinski definition) is 4. The van der Waals surface area contributed by atoms with Crippen molar-refractivity contribution < 1.29 is 4.79 Å². The summed E-state index contributed by atoms with van der Waals surface area (Å²) < 4.78 is 1.65. The Labute approximate surface area is 157 Å². The van der Waals surface area contributed by atoms with Crippen molar-refractivity contribution in [2.24, 2.45) is 5.92 Å². The summed E-state index contributed by atoms with van der Waals surface area (Å²) in [6.45, 7) is 3.18. The average Bonchev–Trinajstić information content (AvgIpc) is 2.60. The molecule has 1 aliphatic heterocycles. The topological polar surface area (TPSA) is 58.4 Å². The molecule has 27 heavy (non-hydrogen) atoms. The largest absolute Gasteiger partial charge is 0.354 e. The predicted octanol–water partition coefficient (Wildman–Crippen LogP) is 2.22. The van der Waals surface area contributed by atoms with Crippen molar-refractivity contribution in [3.8, 4) is 5.69 Å². The number of fused-ring (bicyclic) bond motifs is 1. The Morgan fingerprint density at radius 2 is 1.81 bits per heavy atom. The Kier molecular flexibility index (Phi) is 4.18. The van der Waals surface area contributed by atoms with Gasteiger partial charge in [-0.2, -0.15) is 4.98 Å². The van der Waals surface area contributed by atoms with Gasteiger partial charge in [0.05, 0.1) is 17.1 Å². The lowest BCUT2D eigenvalue weighted by Crippen LogP contribution is -2.54. The molecule has 6 nitrogen and oxygen atoms in total. The SMILES string of the molecule is Cc1ccc2c(N3CC(C(=O)N(C)C)C3)nc(=O)n(-c3ccccc3)c2c1. The quantitative estimate of drug-likeness (QED) is 0.717. The lowest BCUT2D eigenvalue weighted by atomic mass is 9.98. The van der Waals surface area contributed by atoms with Crippen LogP contribution in [0.2, 0.25) is 0 Å². The second-order valence-electron chi connectivity index (χ2n) is 7.24. The monoisotopic (exact) mass is 362 g/mol. The van der Waals surface area contributed by atoms with Gasteiger partial charge in [0.1, 0.15) is 5.82 Å². The van der Waals surface area contributed by atoms with E-state index in [1.807, 2.05) is 60.4 Å². The van der Waals surface area contributed by atoms with E-state index in [1.54, 1.807) is 23.6 Å². The fourth-order valence-electron chi connectivity index (χ4n) is 3.56. The molecule has 4 rings (SSSR count). The summed E-state index contributed by atoms with van der Waals surface area (Å²) in [5, 5.41) is 0.916. The summed E-state index contributed by atoms with van der Waals surface area (Å²) in [5.74, 6) is 0.730. The minimum Gasteiger partial charge on any atom is -0.354 e. The highest BCUT2D eigenvalue weighted by Gasteiger charge is 2.35. The maximum atomic E-state index is 12.9. The summed E-state index contributed by atoms with van der Waals surface area (Å²) in [7, 11) is 3.53. The zero-order chi connectivity index (χ0) is 19.1. The third kappa shape index (κ3) is 2.97. The van der Waals surface area contributed by atoms with Crippen molar-refractivity contribution in [2.75, 3.05) is 32.1 Å². The molecule has 6 heteroatoms. The first-order valence-electron chi connectivity index (χ1n) is 9.00. The highest BCUT2D eigenvalue weighted by atomic mass is 16.2. The average molecular weight is 362 g/mol. The van der Waals surface area contributed by atoms with E-state index in [2.05, 4.69) is 4.98 Å². The van der Waals surface area contributed by atoms with Crippen LogP contribution in [-0.4, -0.2) is 47.5 Å².